The molecule has 2 unspecified atom stereocenters. The number of Topliss-reactive ketones (excluding diaryl/α,β-unsaturated/α-hetero) is 2. The predicted octanol–water partition coefficient (Wildman–Crippen LogP) is 3.29. The number of nitrogens with one attached hydrogen (secondary N) is 1. The topological polar surface area (TPSA) is 136 Å². The van der Waals surface area contributed by atoms with Crippen LogP contribution in [-0.4, -0.2) is 66.0 Å². The summed E-state index contributed by atoms with van der Waals surface area (Å²) in [5.41, 5.74) is 1.46. The lowest BCUT2D eigenvalue weighted by atomic mass is 9.80. The molecular weight excluding hydrogens is 596 g/mol. The minimum absolute atomic E-state index is 0.0405. The first-order valence-corrected chi connectivity index (χ1v) is 14.4. The molecule has 0 bridgehead atoms. The number of hydrogen-bond donors (Lipinski definition) is 1. The van der Waals surface area contributed by atoms with Crippen LogP contribution in [0.1, 0.15) is 59.9 Å². The highest BCUT2D eigenvalue weighted by Gasteiger charge is 2.34. The van der Waals surface area contributed by atoms with Crippen molar-refractivity contribution in [2.45, 2.75) is 66.5 Å². The number of imide groups is 1. The number of rotatable bonds is 17. The van der Waals surface area contributed by atoms with Gasteiger partial charge < -0.3 is 14.8 Å². The lowest BCUT2D eigenvalue weighted by Crippen LogP contribution is -2.46. The van der Waals surface area contributed by atoms with Crippen LogP contribution in [0.15, 0.2) is 34.8 Å². The van der Waals surface area contributed by atoms with E-state index in [1.165, 1.54) is 13.0 Å². The molecule has 0 aliphatic carbocycles. The van der Waals surface area contributed by atoms with Crippen molar-refractivity contribution in [1.29, 1.82) is 0 Å². The number of carbonyl (C=O) groups is 6. The molecule has 0 fully saturated rings. The summed E-state index contributed by atoms with van der Waals surface area (Å²) in [4.78, 5) is 75.0. The fraction of sp³-hybridized carbons (Fsp3) is 0.533. The summed E-state index contributed by atoms with van der Waals surface area (Å²) in [6.07, 6.45) is 0.392. The van der Waals surface area contributed by atoms with Crippen LogP contribution in [0.3, 0.4) is 0 Å². The Kier molecular flexibility index (Phi) is 12.9. The van der Waals surface area contributed by atoms with Gasteiger partial charge in [-0.1, -0.05) is 52.0 Å². The van der Waals surface area contributed by atoms with Crippen LogP contribution in [-0.2, 0) is 51.3 Å². The van der Waals surface area contributed by atoms with Gasteiger partial charge in [0.25, 0.3) is 11.8 Å². The summed E-state index contributed by atoms with van der Waals surface area (Å²) in [6, 6.07) is 6.20. The number of ketones is 2. The van der Waals surface area contributed by atoms with E-state index in [9.17, 15) is 28.8 Å². The molecule has 0 radical (unpaired) electrons. The molecule has 41 heavy (non-hydrogen) atoms. The molecule has 1 heterocycles. The van der Waals surface area contributed by atoms with Crippen LogP contribution in [0.2, 0.25) is 0 Å². The maximum atomic E-state index is 13.1. The van der Waals surface area contributed by atoms with E-state index in [1.54, 1.807) is 38.1 Å². The third-order valence-electron chi connectivity index (χ3n) is 6.85. The Bertz CT molecular complexity index is 1200. The average molecular weight is 638 g/mol. The molecular formula is C30H39BrN2O8. The smallest absolute Gasteiger partial charge is 0.305 e. The van der Waals surface area contributed by atoms with Crippen LogP contribution >= 0.6 is 15.9 Å². The zero-order valence-corrected chi connectivity index (χ0v) is 25.7. The molecule has 10 nitrogen and oxygen atoms in total. The molecule has 1 aliphatic heterocycles. The van der Waals surface area contributed by atoms with Crippen LogP contribution in [0.4, 0.5) is 0 Å². The van der Waals surface area contributed by atoms with Gasteiger partial charge in [-0.05, 0) is 39.9 Å². The van der Waals surface area contributed by atoms with Gasteiger partial charge in [0.2, 0.25) is 5.91 Å². The van der Waals surface area contributed by atoms with E-state index in [0.29, 0.717) is 0 Å². The summed E-state index contributed by atoms with van der Waals surface area (Å²) in [7, 11) is 0. The number of hydrogen-bond acceptors (Lipinski definition) is 8. The first-order chi connectivity index (χ1) is 19.7. The van der Waals surface area contributed by atoms with Crippen LogP contribution in [0.5, 0.6) is 0 Å². The Balaban J connectivity index is 1.81. The molecule has 2 rings (SSSR count). The number of ether oxygens (including phenoxy) is 2. The zero-order valence-electron chi connectivity index (χ0n) is 25.1. The van der Waals surface area contributed by atoms with Crippen LogP contribution in [0, 0.1) is 17.8 Å². The molecule has 4 atom stereocenters. The highest BCUT2D eigenvalue weighted by molar-refractivity contribution is 9.12. The van der Waals surface area contributed by atoms with Gasteiger partial charge in [-0.15, -0.1) is 0 Å². The number of nitrogens with zero attached hydrogens (tertiary/aromatic N) is 1. The van der Waals surface area contributed by atoms with Gasteiger partial charge in [0, 0.05) is 38.5 Å². The minimum atomic E-state index is -0.956. The van der Waals surface area contributed by atoms with Gasteiger partial charge in [0.15, 0.2) is 5.78 Å². The number of esters is 1. The molecule has 1 aliphatic rings. The van der Waals surface area contributed by atoms with Crippen LogP contribution < -0.4 is 5.32 Å². The lowest BCUT2D eigenvalue weighted by molar-refractivity contribution is -0.144. The van der Waals surface area contributed by atoms with Crippen molar-refractivity contribution in [1.82, 2.24) is 10.2 Å². The second-order valence-corrected chi connectivity index (χ2v) is 11.1. The lowest BCUT2D eigenvalue weighted by Gasteiger charge is -2.27. The first kappa shape index (κ1) is 32.3. The van der Waals surface area contributed by atoms with Crippen molar-refractivity contribution >= 4 is 51.2 Å². The summed E-state index contributed by atoms with van der Waals surface area (Å²) >= 11 is 3.03. The number of halogens is 1. The highest BCUT2D eigenvalue weighted by atomic mass is 79.9. The monoisotopic (exact) mass is 636 g/mol. The van der Waals surface area contributed by atoms with Crippen molar-refractivity contribution in [2.24, 2.45) is 17.8 Å². The second-order valence-electron chi connectivity index (χ2n) is 10.3. The normalized spacial score (nSPS) is 16.5. The molecule has 0 saturated heterocycles. The number of carbonyl (C=O) groups excluding carboxylic acids is 6. The molecule has 0 saturated carbocycles. The SMILES string of the molecule is [3H]C(C)C(=O)OCc1ccc(CC(=O)[C@H](C)NC(=O)[C@H](C(C)C)C(C)C(=O)CCOCCN2C(=O)C=C(Br)C2=O)cc1. The van der Waals surface area contributed by atoms with Crippen LogP contribution in [0.25, 0.3) is 0 Å². The molecule has 0 aromatic heterocycles. The summed E-state index contributed by atoms with van der Waals surface area (Å²) in [5, 5.41) is 2.77. The molecule has 1 aromatic rings. The second kappa shape index (κ2) is 16.3. The van der Waals surface area contributed by atoms with Crippen molar-refractivity contribution < 1.29 is 39.6 Å². The van der Waals surface area contributed by atoms with Crippen molar-refractivity contribution in [3.05, 3.63) is 46.0 Å². The fourth-order valence-corrected chi connectivity index (χ4v) is 4.80. The first-order valence-electron chi connectivity index (χ1n) is 14.1. The van der Waals surface area contributed by atoms with Gasteiger partial charge in [-0.2, -0.15) is 0 Å². The minimum Gasteiger partial charge on any atom is -0.461 e. The van der Waals surface area contributed by atoms with Gasteiger partial charge in [-0.25, -0.2) is 0 Å². The summed E-state index contributed by atoms with van der Waals surface area (Å²) in [5.74, 6) is -3.63. The van der Waals surface area contributed by atoms with E-state index in [4.69, 9.17) is 10.8 Å². The fourth-order valence-electron chi connectivity index (χ4n) is 4.39. The Morgan fingerprint density at radius 2 is 1.63 bits per heavy atom. The highest BCUT2D eigenvalue weighted by Crippen LogP contribution is 2.24. The van der Waals surface area contributed by atoms with Crippen molar-refractivity contribution in [3.63, 3.8) is 0 Å². The molecule has 3 amide bonds. The van der Waals surface area contributed by atoms with E-state index in [-0.39, 0.29) is 67.1 Å². The van der Waals surface area contributed by atoms with E-state index >= 15 is 0 Å². The summed E-state index contributed by atoms with van der Waals surface area (Å²) in [6.45, 7) is 8.70. The molecule has 11 heteroatoms. The number of benzene rings is 1. The third kappa shape index (κ3) is 10.3. The van der Waals surface area contributed by atoms with E-state index in [2.05, 4.69) is 21.2 Å². The van der Waals surface area contributed by atoms with Gasteiger partial charge in [0.1, 0.15) is 12.4 Å². The van der Waals surface area contributed by atoms with Crippen molar-refractivity contribution in [3.8, 4) is 0 Å². The van der Waals surface area contributed by atoms with E-state index in [1.807, 2.05) is 13.8 Å². The molecule has 1 aromatic carbocycles. The van der Waals surface area contributed by atoms with Gasteiger partial charge in [0.05, 0.1) is 30.3 Å². The Morgan fingerprint density at radius 3 is 2.20 bits per heavy atom. The standard InChI is InChI=1S/C30H39BrN2O8/c1-6-27(37)41-17-22-9-7-21(8-10-22)15-25(35)20(5)32-29(38)28(18(2)3)19(4)24(34)11-13-40-14-12-33-26(36)16-23(31)30(33)39/h7-10,16,18-20,28H,6,11-15,17H2,1-5H3,(H,32,38)/t19?,20-,28+/m0/s1/i6T/t6?,19?,20-,28+. The van der Waals surface area contributed by atoms with Gasteiger partial charge >= 0.3 is 5.97 Å². The maximum absolute atomic E-state index is 13.1. The zero-order chi connectivity index (χ0) is 31.6. The maximum Gasteiger partial charge on any atom is 0.305 e. The Labute approximate surface area is 250 Å². The Morgan fingerprint density at radius 1 is 1.00 bits per heavy atom. The summed E-state index contributed by atoms with van der Waals surface area (Å²) < 4.78 is 18.0. The molecule has 0 spiro atoms. The van der Waals surface area contributed by atoms with E-state index in [0.717, 1.165) is 16.0 Å². The van der Waals surface area contributed by atoms with Crippen molar-refractivity contribution in [2.75, 3.05) is 19.8 Å². The predicted molar refractivity (Wildman–Crippen MR) is 155 cm³/mol. The largest absolute Gasteiger partial charge is 0.461 e. The molecule has 224 valence electrons. The molecule has 1 N–H and O–H groups in total. The van der Waals surface area contributed by atoms with Gasteiger partial charge in [-0.3, -0.25) is 33.7 Å². The Hall–Kier alpha value is -3.18. The average Bonchev–Trinajstić information content (AvgIpc) is 3.17. The number of amides is 3. The third-order valence-corrected chi connectivity index (χ3v) is 7.41. The quantitative estimate of drug-likeness (QED) is 0.156. The van der Waals surface area contributed by atoms with E-state index < -0.39 is 42.1 Å².